The Kier molecular flexibility index (Phi) is 3.74. The predicted octanol–water partition coefficient (Wildman–Crippen LogP) is 0.954. The molecule has 0 fully saturated rings. The third-order valence-corrected chi connectivity index (χ3v) is 2.33. The van der Waals surface area contributed by atoms with Crippen LogP contribution in [0, 0.1) is 5.41 Å². The van der Waals surface area contributed by atoms with Gasteiger partial charge in [0, 0.05) is 29.6 Å². The Morgan fingerprint density at radius 2 is 2.27 bits per heavy atom. The predicted molar refractivity (Wildman–Crippen MR) is 65.7 cm³/mol. The lowest BCUT2D eigenvalue weighted by Gasteiger charge is -2.08. The van der Waals surface area contributed by atoms with Gasteiger partial charge < -0.3 is 11.1 Å². The number of rotatable bonds is 3. The van der Waals surface area contributed by atoms with E-state index >= 15 is 0 Å². The molecule has 0 aliphatic rings. The molecular weight excluding hydrogens is 208 g/mol. The Hall–Kier alpha value is -1.49. The number of hydrogen-bond acceptors (Lipinski definition) is 4. The van der Waals surface area contributed by atoms with Crippen molar-refractivity contribution >= 4 is 30.2 Å². The molecule has 4 nitrogen and oxygen atoms in total. The molecule has 1 heterocycles. The highest BCUT2D eigenvalue weighted by atomic mass is 32.1. The molecule has 1 atom stereocenters. The minimum atomic E-state index is -0.0188. The summed E-state index contributed by atoms with van der Waals surface area (Å²) < 4.78 is 1.81. The molecule has 0 radical (unpaired) electrons. The lowest BCUT2D eigenvalue weighted by atomic mass is 10.1. The highest BCUT2D eigenvalue weighted by Gasteiger charge is 2.11. The van der Waals surface area contributed by atoms with Crippen LogP contribution in [0.5, 0.6) is 0 Å². The molecule has 0 aliphatic carbocycles. The maximum atomic E-state index is 7.20. The first-order valence-electron chi connectivity index (χ1n) is 4.51. The lowest BCUT2D eigenvalue weighted by molar-refractivity contribution is -0.682. The molecule has 1 aromatic rings. The van der Waals surface area contributed by atoms with Crippen molar-refractivity contribution in [3.8, 4) is 0 Å². The van der Waals surface area contributed by atoms with Gasteiger partial charge in [0.15, 0.2) is 0 Å². The van der Waals surface area contributed by atoms with Crippen molar-refractivity contribution in [3.05, 3.63) is 30.1 Å². The number of aromatic nitrogens is 1. The molecule has 1 unspecified atom stereocenters. The number of anilines is 1. The summed E-state index contributed by atoms with van der Waals surface area (Å²) in [6, 6.07) is 3.60. The molecule has 0 amide bonds. The number of nitrogen functional groups attached to an aromatic ring is 1. The first-order chi connectivity index (χ1) is 7.10. The molecule has 0 saturated heterocycles. The second kappa shape index (κ2) is 4.84. The second-order valence-electron chi connectivity index (χ2n) is 3.15. The van der Waals surface area contributed by atoms with Crippen LogP contribution in [0.15, 0.2) is 24.5 Å². The van der Waals surface area contributed by atoms with Crippen LogP contribution in [0.2, 0.25) is 0 Å². The quantitative estimate of drug-likeness (QED) is 0.350. The van der Waals surface area contributed by atoms with E-state index in [4.69, 9.17) is 16.9 Å². The van der Waals surface area contributed by atoms with Crippen LogP contribution in [-0.4, -0.2) is 6.21 Å². The summed E-state index contributed by atoms with van der Waals surface area (Å²) in [5, 5.41) is 7.18. The van der Waals surface area contributed by atoms with Crippen molar-refractivity contribution in [2.75, 3.05) is 5.73 Å². The van der Waals surface area contributed by atoms with Crippen molar-refractivity contribution in [1.82, 2.24) is 0 Å². The van der Waals surface area contributed by atoms with E-state index in [1.807, 2.05) is 23.8 Å². The van der Waals surface area contributed by atoms with E-state index in [1.165, 1.54) is 12.4 Å². The van der Waals surface area contributed by atoms with Gasteiger partial charge in [0.25, 0.3) is 5.82 Å². The maximum absolute atomic E-state index is 7.20. The minimum absolute atomic E-state index is 0.0188. The third kappa shape index (κ3) is 2.50. The fourth-order valence-corrected chi connectivity index (χ4v) is 1.45. The summed E-state index contributed by atoms with van der Waals surface area (Å²) in [5.74, 6) is 0.627. The van der Waals surface area contributed by atoms with E-state index < -0.39 is 0 Å². The van der Waals surface area contributed by atoms with Gasteiger partial charge >= 0.3 is 0 Å². The average Bonchev–Trinajstić information content (AvgIpc) is 2.21. The largest absolute Gasteiger partial charge is 0.404 e. The van der Waals surface area contributed by atoms with Gasteiger partial charge in [-0.15, -0.1) is 12.6 Å². The van der Waals surface area contributed by atoms with Gasteiger partial charge in [0.05, 0.1) is 6.20 Å². The van der Waals surface area contributed by atoms with E-state index in [9.17, 15) is 0 Å². The zero-order valence-electron chi connectivity index (χ0n) is 8.51. The van der Waals surface area contributed by atoms with Crippen molar-refractivity contribution in [3.63, 3.8) is 0 Å². The Morgan fingerprint density at radius 1 is 1.60 bits per heavy atom. The maximum Gasteiger partial charge on any atom is 0.273 e. The summed E-state index contributed by atoms with van der Waals surface area (Å²) in [5.41, 5.74) is 12.7. The van der Waals surface area contributed by atoms with Crippen molar-refractivity contribution < 1.29 is 4.57 Å². The number of nitrogens with two attached hydrogens (primary N) is 2. The first kappa shape index (κ1) is 11.6. The van der Waals surface area contributed by atoms with Gasteiger partial charge in [-0.2, -0.15) is 0 Å². The van der Waals surface area contributed by atoms with Crippen LogP contribution in [0.25, 0.3) is 5.57 Å². The van der Waals surface area contributed by atoms with Crippen molar-refractivity contribution in [2.45, 2.75) is 12.3 Å². The van der Waals surface area contributed by atoms with Gasteiger partial charge in [-0.3, -0.25) is 5.73 Å². The Morgan fingerprint density at radius 3 is 2.73 bits per heavy atom. The number of allylic oxidation sites excluding steroid dienone is 1. The molecule has 0 saturated carbocycles. The van der Waals surface area contributed by atoms with Crippen LogP contribution in [0.4, 0.5) is 5.82 Å². The molecule has 15 heavy (non-hydrogen) atoms. The van der Waals surface area contributed by atoms with E-state index in [0.717, 1.165) is 5.56 Å². The summed E-state index contributed by atoms with van der Waals surface area (Å²) in [6.07, 6.45) is 4.43. The van der Waals surface area contributed by atoms with Gasteiger partial charge in [0.1, 0.15) is 5.37 Å². The standard InChI is InChI=1S/C10H14N4S/c1-7(15)14-6-8(2-3-10(14)13)9(4-11)5-12/h2-7,13H,1H3,(H4,11,12,15)/p+1. The highest BCUT2D eigenvalue weighted by molar-refractivity contribution is 7.80. The zero-order valence-corrected chi connectivity index (χ0v) is 9.41. The van der Waals surface area contributed by atoms with Gasteiger partial charge in [-0.25, -0.2) is 4.57 Å². The Labute approximate surface area is 94.5 Å². The molecule has 0 bridgehead atoms. The van der Waals surface area contributed by atoms with Crippen molar-refractivity contribution in [1.29, 1.82) is 5.41 Å². The van der Waals surface area contributed by atoms with Gasteiger partial charge in [0.2, 0.25) is 0 Å². The van der Waals surface area contributed by atoms with E-state index in [0.29, 0.717) is 11.4 Å². The molecule has 80 valence electrons. The van der Waals surface area contributed by atoms with Crippen LogP contribution in [0.1, 0.15) is 17.9 Å². The molecule has 0 aromatic carbocycles. The number of thiol groups is 1. The first-order valence-corrected chi connectivity index (χ1v) is 5.03. The minimum Gasteiger partial charge on any atom is -0.404 e. The summed E-state index contributed by atoms with van der Waals surface area (Å²) >= 11 is 4.31. The third-order valence-electron chi connectivity index (χ3n) is 2.08. The Balaban J connectivity index is 3.24. The molecule has 1 rings (SSSR count). The monoisotopic (exact) mass is 223 g/mol. The number of nitrogens with zero attached hydrogens (tertiary/aromatic N) is 1. The fourth-order valence-electron chi connectivity index (χ4n) is 1.25. The highest BCUT2D eigenvalue weighted by Crippen LogP contribution is 2.12. The van der Waals surface area contributed by atoms with Gasteiger partial charge in [-0.05, 0) is 13.0 Å². The number of hydrogen-bond donors (Lipinski definition) is 4. The number of nitrogens with one attached hydrogen (secondary N) is 1. The summed E-state index contributed by atoms with van der Waals surface area (Å²) in [7, 11) is 0. The fraction of sp³-hybridized carbons (Fsp3) is 0.200. The van der Waals surface area contributed by atoms with Crippen LogP contribution in [-0.2, 0) is 0 Å². The number of pyridine rings is 1. The second-order valence-corrected chi connectivity index (χ2v) is 3.90. The van der Waals surface area contributed by atoms with Crippen molar-refractivity contribution in [2.24, 2.45) is 5.73 Å². The topological polar surface area (TPSA) is 79.8 Å². The van der Waals surface area contributed by atoms with Crippen LogP contribution in [0.3, 0.4) is 0 Å². The van der Waals surface area contributed by atoms with E-state index in [1.54, 1.807) is 6.07 Å². The molecular formula is C10H15N4S+. The van der Waals surface area contributed by atoms with Crippen LogP contribution < -0.4 is 16.0 Å². The zero-order chi connectivity index (χ0) is 11.4. The van der Waals surface area contributed by atoms with Crippen LogP contribution >= 0.6 is 12.6 Å². The van der Waals surface area contributed by atoms with E-state index in [2.05, 4.69) is 12.6 Å². The Bertz CT molecular complexity index is 398. The van der Waals surface area contributed by atoms with E-state index in [-0.39, 0.29) is 5.37 Å². The molecule has 5 heteroatoms. The SMILES string of the molecule is CC(S)[n+]1cc(/C(C=N)=C/N)ccc1N. The molecule has 0 spiro atoms. The molecule has 1 aromatic heterocycles. The molecule has 0 aliphatic heterocycles. The summed E-state index contributed by atoms with van der Waals surface area (Å²) in [6.45, 7) is 1.92. The average molecular weight is 223 g/mol. The normalized spacial score (nSPS) is 13.6. The smallest absolute Gasteiger partial charge is 0.273 e. The lowest BCUT2D eigenvalue weighted by Crippen LogP contribution is -2.38. The molecule has 5 N–H and O–H groups in total. The van der Waals surface area contributed by atoms with Gasteiger partial charge in [-0.1, -0.05) is 0 Å². The summed E-state index contributed by atoms with van der Waals surface area (Å²) in [4.78, 5) is 0.